The first kappa shape index (κ1) is 24.9. The number of carbonyl (C=O) groups is 2. The molecule has 0 saturated heterocycles. The fourth-order valence-electron chi connectivity index (χ4n) is 2.42. The molecule has 0 saturated carbocycles. The zero-order valence-corrected chi connectivity index (χ0v) is 18.0. The number of carboxylic acid groups (broad SMARTS) is 1. The molecular weight excluding hydrogens is 402 g/mol. The molecule has 0 spiro atoms. The minimum Gasteiger partial charge on any atom is -0.497 e. The maximum absolute atomic E-state index is 12.0. The molecule has 1 aromatic carbocycles. The van der Waals surface area contributed by atoms with E-state index in [1.165, 1.54) is 6.92 Å². The van der Waals surface area contributed by atoms with Crippen molar-refractivity contribution in [3.05, 3.63) is 29.8 Å². The number of benzene rings is 1. The van der Waals surface area contributed by atoms with Crippen LogP contribution in [-0.2, 0) is 35.2 Å². The molecular formula is C19H29NO8S. The molecule has 29 heavy (non-hydrogen) atoms. The molecule has 2 N–H and O–H groups in total. The van der Waals surface area contributed by atoms with Gasteiger partial charge in [-0.15, -0.1) is 0 Å². The lowest BCUT2D eigenvalue weighted by Gasteiger charge is -2.30. The minimum atomic E-state index is -3.86. The van der Waals surface area contributed by atoms with Crippen LogP contribution in [-0.4, -0.2) is 57.5 Å². The highest BCUT2D eigenvalue weighted by Gasteiger charge is 2.38. The number of amides is 1. The van der Waals surface area contributed by atoms with Gasteiger partial charge in [-0.2, -0.15) is 8.42 Å². The van der Waals surface area contributed by atoms with Crippen molar-refractivity contribution in [3.8, 4) is 5.75 Å². The van der Waals surface area contributed by atoms with Gasteiger partial charge in [0.15, 0.2) is 6.10 Å². The van der Waals surface area contributed by atoms with Crippen LogP contribution in [0.25, 0.3) is 0 Å². The fourth-order valence-corrected chi connectivity index (χ4v) is 3.52. The lowest BCUT2D eigenvalue weighted by atomic mass is 9.87. The average Bonchev–Trinajstić information content (AvgIpc) is 2.64. The van der Waals surface area contributed by atoms with Crippen molar-refractivity contribution in [1.29, 1.82) is 0 Å². The predicted octanol–water partition coefficient (Wildman–Crippen LogP) is 1.56. The van der Waals surface area contributed by atoms with Crippen molar-refractivity contribution in [2.24, 2.45) is 5.41 Å². The zero-order chi connectivity index (χ0) is 22.1. The third kappa shape index (κ3) is 9.25. The van der Waals surface area contributed by atoms with Crippen molar-refractivity contribution in [3.63, 3.8) is 0 Å². The molecule has 1 rings (SSSR count). The maximum atomic E-state index is 12.0. The van der Waals surface area contributed by atoms with Crippen molar-refractivity contribution in [1.82, 2.24) is 5.32 Å². The van der Waals surface area contributed by atoms with Gasteiger partial charge in [-0.1, -0.05) is 26.0 Å². The summed E-state index contributed by atoms with van der Waals surface area (Å²) < 4.78 is 39.7. The topological polar surface area (TPSA) is 128 Å². The summed E-state index contributed by atoms with van der Waals surface area (Å²) in [4.78, 5) is 22.5. The van der Waals surface area contributed by atoms with Gasteiger partial charge in [0.25, 0.3) is 10.1 Å². The lowest BCUT2D eigenvalue weighted by Crippen LogP contribution is -2.42. The van der Waals surface area contributed by atoms with Gasteiger partial charge in [0.1, 0.15) is 5.75 Å². The Balaban J connectivity index is 2.63. The second-order valence-electron chi connectivity index (χ2n) is 7.23. The Morgan fingerprint density at radius 2 is 1.83 bits per heavy atom. The number of methoxy groups -OCH3 is 1. The molecule has 164 valence electrons. The van der Waals surface area contributed by atoms with E-state index in [0.29, 0.717) is 5.75 Å². The monoisotopic (exact) mass is 431 g/mol. The molecule has 0 bridgehead atoms. The maximum Gasteiger partial charge on any atom is 0.333 e. The van der Waals surface area contributed by atoms with Crippen LogP contribution in [0, 0.1) is 5.41 Å². The first-order chi connectivity index (χ1) is 13.5. The quantitative estimate of drug-likeness (QED) is 0.356. The van der Waals surface area contributed by atoms with Crippen LogP contribution in [0.2, 0.25) is 0 Å². The SMILES string of the molecule is COc1ccc(CO[C@@H](C(=O)O)C(C)(C)COS(=O)(=O)CCCNC(C)=O)cc1. The van der Waals surface area contributed by atoms with E-state index >= 15 is 0 Å². The normalized spacial score (nSPS) is 13.0. The number of hydrogen-bond acceptors (Lipinski definition) is 7. The summed E-state index contributed by atoms with van der Waals surface area (Å²) in [6, 6.07) is 6.97. The van der Waals surface area contributed by atoms with E-state index in [0.717, 1.165) is 5.56 Å². The molecule has 0 aliphatic carbocycles. The van der Waals surface area contributed by atoms with Crippen LogP contribution in [0.5, 0.6) is 5.75 Å². The summed E-state index contributed by atoms with van der Waals surface area (Å²) in [6.45, 7) is 4.36. The summed E-state index contributed by atoms with van der Waals surface area (Å²) in [5.74, 6) is -1.08. The first-order valence-corrected chi connectivity index (χ1v) is 10.6. The van der Waals surface area contributed by atoms with Crippen LogP contribution >= 0.6 is 0 Å². The van der Waals surface area contributed by atoms with Crippen molar-refractivity contribution >= 4 is 22.0 Å². The molecule has 1 aromatic rings. The molecule has 0 fully saturated rings. The van der Waals surface area contributed by atoms with E-state index in [4.69, 9.17) is 13.7 Å². The van der Waals surface area contributed by atoms with Gasteiger partial charge in [-0.3, -0.25) is 8.98 Å². The second kappa shape index (κ2) is 11.1. The highest BCUT2D eigenvalue weighted by Crippen LogP contribution is 2.26. The molecule has 10 heteroatoms. The van der Waals surface area contributed by atoms with Crippen LogP contribution in [0.3, 0.4) is 0 Å². The highest BCUT2D eigenvalue weighted by atomic mass is 32.2. The average molecular weight is 432 g/mol. The van der Waals surface area contributed by atoms with Gasteiger partial charge in [-0.05, 0) is 24.1 Å². The fraction of sp³-hybridized carbons (Fsp3) is 0.579. The zero-order valence-electron chi connectivity index (χ0n) is 17.1. The van der Waals surface area contributed by atoms with Gasteiger partial charge >= 0.3 is 5.97 Å². The molecule has 1 amide bonds. The Labute approximate surface area is 171 Å². The number of hydrogen-bond donors (Lipinski definition) is 2. The third-order valence-electron chi connectivity index (χ3n) is 4.07. The Bertz CT molecular complexity index is 774. The lowest BCUT2D eigenvalue weighted by molar-refractivity contribution is -0.162. The number of aliphatic carboxylic acids is 1. The van der Waals surface area contributed by atoms with Crippen molar-refractivity contribution < 1.29 is 36.8 Å². The molecule has 0 aromatic heterocycles. The van der Waals surface area contributed by atoms with E-state index in [9.17, 15) is 23.1 Å². The number of rotatable bonds is 13. The number of carboxylic acids is 1. The first-order valence-electron chi connectivity index (χ1n) is 9.06. The van der Waals surface area contributed by atoms with E-state index < -0.39 is 27.6 Å². The summed E-state index contributed by atoms with van der Waals surface area (Å²) in [5, 5.41) is 12.0. The Morgan fingerprint density at radius 3 is 2.34 bits per heavy atom. The molecule has 0 radical (unpaired) electrons. The van der Waals surface area contributed by atoms with Gasteiger partial charge in [-0.25, -0.2) is 4.79 Å². The molecule has 0 unspecified atom stereocenters. The van der Waals surface area contributed by atoms with Gasteiger partial charge in [0.05, 0.1) is 26.1 Å². The highest BCUT2D eigenvalue weighted by molar-refractivity contribution is 7.86. The van der Waals surface area contributed by atoms with E-state index in [1.54, 1.807) is 45.2 Å². The molecule has 0 aliphatic rings. The van der Waals surface area contributed by atoms with Crippen LogP contribution in [0.15, 0.2) is 24.3 Å². The second-order valence-corrected chi connectivity index (χ2v) is 8.99. The standard InChI is InChI=1S/C19H29NO8S/c1-14(21)20-10-5-11-29(24,25)28-13-19(2,3)17(18(22)23)27-12-15-6-8-16(26-4)9-7-15/h6-9,17H,5,10-13H2,1-4H3,(H,20,21)(H,22,23)/t17-/m0/s1. The van der Waals surface area contributed by atoms with Gasteiger partial charge in [0, 0.05) is 18.9 Å². The molecule has 9 nitrogen and oxygen atoms in total. The van der Waals surface area contributed by atoms with Gasteiger partial charge < -0.3 is 19.9 Å². The Kier molecular flexibility index (Phi) is 9.54. The summed E-state index contributed by atoms with van der Waals surface area (Å²) in [7, 11) is -2.32. The van der Waals surface area contributed by atoms with Crippen LogP contribution in [0.1, 0.15) is 32.8 Å². The molecule has 0 heterocycles. The van der Waals surface area contributed by atoms with E-state index in [-0.39, 0.29) is 37.8 Å². The summed E-state index contributed by atoms with van der Waals surface area (Å²) in [5.41, 5.74) is -0.359. The minimum absolute atomic E-state index is 0.0356. The predicted molar refractivity (Wildman–Crippen MR) is 106 cm³/mol. The smallest absolute Gasteiger partial charge is 0.333 e. The van der Waals surface area contributed by atoms with E-state index in [1.807, 2.05) is 0 Å². The largest absolute Gasteiger partial charge is 0.497 e. The number of ether oxygens (including phenoxy) is 2. The third-order valence-corrected chi connectivity index (χ3v) is 5.33. The summed E-state index contributed by atoms with van der Waals surface area (Å²) in [6.07, 6.45) is -1.09. The van der Waals surface area contributed by atoms with Crippen LogP contribution < -0.4 is 10.1 Å². The molecule has 1 atom stereocenters. The Hall–Kier alpha value is -2.17. The summed E-state index contributed by atoms with van der Waals surface area (Å²) >= 11 is 0. The van der Waals surface area contributed by atoms with Crippen LogP contribution in [0.4, 0.5) is 0 Å². The van der Waals surface area contributed by atoms with Crippen molar-refractivity contribution in [2.45, 2.75) is 39.9 Å². The molecule has 0 aliphatic heterocycles. The Morgan fingerprint density at radius 1 is 1.21 bits per heavy atom. The number of nitrogens with one attached hydrogen (secondary N) is 1. The number of carbonyl (C=O) groups excluding carboxylic acids is 1. The van der Waals surface area contributed by atoms with Gasteiger partial charge in [0.2, 0.25) is 5.91 Å². The van der Waals surface area contributed by atoms with E-state index in [2.05, 4.69) is 5.32 Å². The van der Waals surface area contributed by atoms with Crippen molar-refractivity contribution in [2.75, 3.05) is 26.0 Å².